The van der Waals surface area contributed by atoms with Crippen molar-refractivity contribution < 1.29 is 27.3 Å². The number of carbonyl (C=O) groups is 2. The highest BCUT2D eigenvalue weighted by Crippen LogP contribution is 2.18. The number of hydrogen-bond acceptors (Lipinski definition) is 4. The average Bonchev–Trinajstić information content (AvgIpc) is 2.53. The minimum atomic E-state index is -3.90. The number of piperazine rings is 1. The lowest BCUT2D eigenvalue weighted by Gasteiger charge is -2.31. The quantitative estimate of drug-likeness (QED) is 0.624. The van der Waals surface area contributed by atoms with Crippen LogP contribution in [0.3, 0.4) is 0 Å². The number of halogens is 1. The molecule has 1 fully saturated rings. The van der Waals surface area contributed by atoms with E-state index in [-0.39, 0.29) is 24.5 Å². The Morgan fingerprint density at radius 1 is 1.19 bits per heavy atom. The number of imide groups is 1. The summed E-state index contributed by atoms with van der Waals surface area (Å²) in [6.45, 7) is 6.60. The number of sulfonamides is 1. The van der Waals surface area contributed by atoms with Gasteiger partial charge in [-0.05, 0) is 32.9 Å². The Balaban J connectivity index is 1.87. The molecule has 27 heavy (non-hydrogen) atoms. The van der Waals surface area contributed by atoms with Crippen LogP contribution in [0.25, 0.3) is 0 Å². The van der Waals surface area contributed by atoms with Gasteiger partial charge in [-0.1, -0.05) is 12.1 Å². The Labute approximate surface area is 158 Å². The van der Waals surface area contributed by atoms with Gasteiger partial charge in [0.2, 0.25) is 10.0 Å². The molecule has 10 heteroatoms. The summed E-state index contributed by atoms with van der Waals surface area (Å²) in [6.07, 6.45) is 0. The van der Waals surface area contributed by atoms with Gasteiger partial charge in [0.1, 0.15) is 10.7 Å². The van der Waals surface area contributed by atoms with Gasteiger partial charge in [0.15, 0.2) is 6.54 Å². The van der Waals surface area contributed by atoms with Crippen LogP contribution in [0.5, 0.6) is 0 Å². The van der Waals surface area contributed by atoms with Crippen LogP contribution < -0.4 is 15.5 Å². The summed E-state index contributed by atoms with van der Waals surface area (Å²) >= 11 is 0. The van der Waals surface area contributed by atoms with E-state index in [1.807, 2.05) is 0 Å². The number of hydrogen-bond donors (Lipinski definition) is 3. The van der Waals surface area contributed by atoms with Crippen molar-refractivity contribution in [3.8, 4) is 0 Å². The van der Waals surface area contributed by atoms with E-state index in [2.05, 4.69) is 10.6 Å². The van der Waals surface area contributed by atoms with Crippen molar-refractivity contribution in [1.29, 1.82) is 0 Å². The number of amides is 3. The normalized spacial score (nSPS) is 16.7. The van der Waals surface area contributed by atoms with Crippen molar-refractivity contribution in [2.24, 2.45) is 0 Å². The molecule has 0 saturated carbocycles. The van der Waals surface area contributed by atoms with Gasteiger partial charge in [-0.25, -0.2) is 17.6 Å². The standard InChI is InChI=1S/C17H25FN4O4S/c1-17(2,3)20-16(24)19-15(23)12-21-8-10-22(11-9-21)27(25,26)14-7-5-4-6-13(14)18/h4-7H,8-12H2,1-3H3,(H2,19,20,23,24)/p+1. The van der Waals surface area contributed by atoms with Gasteiger partial charge >= 0.3 is 6.03 Å². The summed E-state index contributed by atoms with van der Waals surface area (Å²) in [4.78, 5) is 24.2. The van der Waals surface area contributed by atoms with Crippen LogP contribution >= 0.6 is 0 Å². The van der Waals surface area contributed by atoms with Crippen LogP contribution in [0.1, 0.15) is 20.8 Å². The first-order chi connectivity index (χ1) is 12.5. The minimum absolute atomic E-state index is 0.0607. The predicted octanol–water partition coefficient (Wildman–Crippen LogP) is -0.661. The molecule has 0 aromatic heterocycles. The van der Waals surface area contributed by atoms with Crippen LogP contribution in [0.15, 0.2) is 29.2 Å². The fourth-order valence-corrected chi connectivity index (χ4v) is 4.29. The van der Waals surface area contributed by atoms with E-state index >= 15 is 0 Å². The lowest BCUT2D eigenvalue weighted by atomic mass is 10.1. The third-order valence-electron chi connectivity index (χ3n) is 4.04. The van der Waals surface area contributed by atoms with Crippen molar-refractivity contribution in [3.63, 3.8) is 0 Å². The molecule has 3 amide bonds. The highest BCUT2D eigenvalue weighted by atomic mass is 32.2. The van der Waals surface area contributed by atoms with Crippen LogP contribution in [0, 0.1) is 5.82 Å². The summed E-state index contributed by atoms with van der Waals surface area (Å²) in [5.74, 6) is -1.21. The highest BCUT2D eigenvalue weighted by molar-refractivity contribution is 7.89. The number of carbonyl (C=O) groups excluding carboxylic acids is 2. The number of urea groups is 1. The van der Waals surface area contributed by atoms with Crippen LogP contribution in [-0.2, 0) is 14.8 Å². The number of quaternary nitrogens is 1. The third-order valence-corrected chi connectivity index (χ3v) is 5.97. The number of nitrogens with one attached hydrogen (secondary N) is 3. The molecular weight excluding hydrogens is 375 g/mol. The molecule has 3 N–H and O–H groups in total. The van der Waals surface area contributed by atoms with Crippen molar-refractivity contribution in [2.45, 2.75) is 31.2 Å². The second-order valence-corrected chi connectivity index (χ2v) is 9.42. The summed E-state index contributed by atoms with van der Waals surface area (Å²) in [6, 6.07) is 4.70. The summed E-state index contributed by atoms with van der Waals surface area (Å²) in [5, 5.41) is 4.90. The fourth-order valence-electron chi connectivity index (χ4n) is 2.78. The molecule has 0 aliphatic carbocycles. The number of rotatable bonds is 4. The first-order valence-electron chi connectivity index (χ1n) is 8.69. The number of nitrogens with zero attached hydrogens (tertiary/aromatic N) is 1. The Bertz CT molecular complexity index is 799. The largest absolute Gasteiger partial charge is 0.333 e. The van der Waals surface area contributed by atoms with Gasteiger partial charge in [0.05, 0.1) is 26.2 Å². The first kappa shape index (κ1) is 21.3. The summed E-state index contributed by atoms with van der Waals surface area (Å²) in [7, 11) is -3.90. The Hall–Kier alpha value is -2.04. The van der Waals surface area contributed by atoms with E-state index < -0.39 is 33.3 Å². The van der Waals surface area contributed by atoms with Crippen molar-refractivity contribution >= 4 is 22.0 Å². The Kier molecular flexibility index (Phi) is 6.55. The Morgan fingerprint density at radius 3 is 2.33 bits per heavy atom. The molecule has 1 aliphatic heterocycles. The summed E-state index contributed by atoms with van der Waals surface area (Å²) in [5.41, 5.74) is -0.454. The second-order valence-electron chi connectivity index (χ2n) is 7.51. The van der Waals surface area contributed by atoms with Gasteiger partial charge in [-0.3, -0.25) is 10.1 Å². The van der Waals surface area contributed by atoms with Crippen LogP contribution in [0.2, 0.25) is 0 Å². The minimum Gasteiger partial charge on any atom is -0.333 e. The van der Waals surface area contributed by atoms with Gasteiger partial charge in [0.25, 0.3) is 5.91 Å². The fraction of sp³-hybridized carbons (Fsp3) is 0.529. The maximum Gasteiger partial charge on any atom is 0.322 e. The van der Waals surface area contributed by atoms with E-state index in [9.17, 15) is 22.4 Å². The Morgan fingerprint density at radius 2 is 1.78 bits per heavy atom. The molecule has 1 aromatic carbocycles. The van der Waals surface area contributed by atoms with E-state index in [1.54, 1.807) is 20.8 Å². The van der Waals surface area contributed by atoms with E-state index in [1.165, 1.54) is 22.5 Å². The van der Waals surface area contributed by atoms with Gasteiger partial charge in [-0.15, -0.1) is 0 Å². The lowest BCUT2D eigenvalue weighted by molar-refractivity contribution is -0.895. The van der Waals surface area contributed by atoms with Crippen molar-refractivity contribution in [2.75, 3.05) is 32.7 Å². The molecule has 150 valence electrons. The average molecular weight is 401 g/mol. The maximum absolute atomic E-state index is 13.8. The molecule has 0 bridgehead atoms. The zero-order valence-electron chi connectivity index (χ0n) is 15.7. The topological polar surface area (TPSA) is 100 Å². The lowest BCUT2D eigenvalue weighted by Crippen LogP contribution is -3.15. The van der Waals surface area contributed by atoms with E-state index in [0.717, 1.165) is 11.0 Å². The summed E-state index contributed by atoms with van der Waals surface area (Å²) < 4.78 is 40.2. The molecule has 1 aliphatic rings. The third kappa shape index (κ3) is 5.98. The zero-order chi connectivity index (χ0) is 20.2. The monoisotopic (exact) mass is 401 g/mol. The number of benzene rings is 1. The smallest absolute Gasteiger partial charge is 0.322 e. The predicted molar refractivity (Wildman–Crippen MR) is 97.1 cm³/mol. The van der Waals surface area contributed by atoms with Crippen LogP contribution in [0.4, 0.5) is 9.18 Å². The molecule has 1 saturated heterocycles. The second kappa shape index (κ2) is 8.32. The van der Waals surface area contributed by atoms with Crippen LogP contribution in [-0.4, -0.2) is 62.9 Å². The van der Waals surface area contributed by atoms with Gasteiger partial charge in [-0.2, -0.15) is 4.31 Å². The molecule has 1 aromatic rings. The molecule has 1 heterocycles. The molecule has 0 radical (unpaired) electrons. The molecule has 0 atom stereocenters. The van der Waals surface area contributed by atoms with Crippen molar-refractivity contribution in [1.82, 2.24) is 14.9 Å². The molecular formula is C17H26FN4O4S+. The highest BCUT2D eigenvalue weighted by Gasteiger charge is 2.32. The van der Waals surface area contributed by atoms with Crippen molar-refractivity contribution in [3.05, 3.63) is 30.1 Å². The van der Waals surface area contributed by atoms with E-state index in [0.29, 0.717) is 13.1 Å². The zero-order valence-corrected chi connectivity index (χ0v) is 16.5. The maximum atomic E-state index is 13.8. The van der Waals surface area contributed by atoms with E-state index in [4.69, 9.17) is 0 Å². The van der Waals surface area contributed by atoms with Gasteiger partial charge in [0, 0.05) is 5.54 Å². The molecule has 0 unspecified atom stereocenters. The first-order valence-corrected chi connectivity index (χ1v) is 10.1. The van der Waals surface area contributed by atoms with Gasteiger partial charge < -0.3 is 10.2 Å². The molecule has 8 nitrogen and oxygen atoms in total. The SMILES string of the molecule is CC(C)(C)NC(=O)NC(=O)C[NH+]1CCN(S(=O)(=O)c2ccccc2F)CC1. The molecule has 0 spiro atoms. The molecule has 2 rings (SSSR count).